The van der Waals surface area contributed by atoms with Crippen LogP contribution in [0.1, 0.15) is 107 Å². The van der Waals surface area contributed by atoms with E-state index in [0.717, 1.165) is 44.9 Å². The van der Waals surface area contributed by atoms with E-state index in [1.807, 2.05) is 0 Å². The Kier molecular flexibility index (Phi) is 10.6. The molecule has 1 unspecified atom stereocenters. The third-order valence-corrected chi connectivity index (χ3v) is 6.48. The van der Waals surface area contributed by atoms with Gasteiger partial charge >= 0.3 is 0 Å². The number of hydrogen-bond acceptors (Lipinski definition) is 5. The highest BCUT2D eigenvalue weighted by Crippen LogP contribution is 2.49. The molecule has 0 spiro atoms. The molecule has 3 rings (SSSR count). The Balaban J connectivity index is 1.59. The molecule has 8 heteroatoms. The maximum atomic E-state index is 15.4. The minimum absolute atomic E-state index is 0.0122. The van der Waals surface area contributed by atoms with Crippen molar-refractivity contribution < 1.29 is 22.6 Å². The van der Waals surface area contributed by atoms with Gasteiger partial charge in [-0.15, -0.1) is 0 Å². The van der Waals surface area contributed by atoms with E-state index in [1.165, 1.54) is 37.7 Å². The fourth-order valence-electron chi connectivity index (χ4n) is 4.47. The number of alkyl halides is 2. The number of halogens is 3. The number of pyridine rings is 1. The first kappa shape index (κ1) is 27.2. The monoisotopic (exact) mass is 493 g/mol. The summed E-state index contributed by atoms with van der Waals surface area (Å²) in [6, 6.07) is 1.45. The number of unbranched alkanes of at least 4 members (excludes halogenated alkanes) is 8. The van der Waals surface area contributed by atoms with Crippen LogP contribution < -0.4 is 9.47 Å². The van der Waals surface area contributed by atoms with E-state index in [9.17, 15) is 4.39 Å². The van der Waals surface area contributed by atoms with Crippen LogP contribution in [0.5, 0.6) is 11.6 Å². The van der Waals surface area contributed by atoms with Crippen molar-refractivity contribution in [3.63, 3.8) is 0 Å². The SMILES string of the molecule is CCCCCCCCOc1cc2c(c(F)n1)C(F)(F)C(c1ncc(OCCCCCC)cn1)CC2. The Bertz CT molecular complexity index is 909. The second-order valence-electron chi connectivity index (χ2n) is 9.30. The summed E-state index contributed by atoms with van der Waals surface area (Å²) in [5.41, 5.74) is -0.427. The number of fused-ring (bicyclic) bond motifs is 1. The van der Waals surface area contributed by atoms with E-state index in [2.05, 4.69) is 28.8 Å². The van der Waals surface area contributed by atoms with E-state index in [0.29, 0.717) is 19.0 Å². The minimum Gasteiger partial charge on any atom is -0.490 e. The van der Waals surface area contributed by atoms with Gasteiger partial charge in [-0.3, -0.25) is 0 Å². The third-order valence-electron chi connectivity index (χ3n) is 6.48. The molecule has 194 valence electrons. The number of aromatic nitrogens is 3. The molecule has 1 aliphatic carbocycles. The number of nitrogens with zero attached hydrogens (tertiary/aromatic N) is 3. The molecule has 0 saturated heterocycles. The Morgan fingerprint density at radius 3 is 2.17 bits per heavy atom. The highest BCUT2D eigenvalue weighted by atomic mass is 19.3. The van der Waals surface area contributed by atoms with Gasteiger partial charge in [0.2, 0.25) is 11.8 Å². The van der Waals surface area contributed by atoms with Crippen LogP contribution in [0.3, 0.4) is 0 Å². The molecule has 0 radical (unpaired) electrons. The molecule has 2 aromatic heterocycles. The highest BCUT2D eigenvalue weighted by Gasteiger charge is 2.50. The minimum atomic E-state index is -3.47. The van der Waals surface area contributed by atoms with E-state index < -0.39 is 23.4 Å². The summed E-state index contributed by atoms with van der Waals surface area (Å²) in [4.78, 5) is 11.9. The van der Waals surface area contributed by atoms with Crippen LogP contribution in [0.15, 0.2) is 18.5 Å². The summed E-state index contributed by atoms with van der Waals surface area (Å²) in [5.74, 6) is -5.46. The van der Waals surface area contributed by atoms with Crippen LogP contribution in [0.2, 0.25) is 0 Å². The lowest BCUT2D eigenvalue weighted by Crippen LogP contribution is -2.33. The molecule has 2 heterocycles. The van der Waals surface area contributed by atoms with Crippen molar-refractivity contribution in [3.05, 3.63) is 41.4 Å². The van der Waals surface area contributed by atoms with Gasteiger partial charge in [-0.05, 0) is 31.2 Å². The molecule has 0 fully saturated rings. The van der Waals surface area contributed by atoms with Gasteiger partial charge in [0.05, 0.1) is 37.1 Å². The predicted molar refractivity (Wildman–Crippen MR) is 130 cm³/mol. The summed E-state index contributed by atoms with van der Waals surface area (Å²) < 4.78 is 56.7. The average molecular weight is 494 g/mol. The van der Waals surface area contributed by atoms with Crippen molar-refractivity contribution in [2.24, 2.45) is 0 Å². The van der Waals surface area contributed by atoms with Gasteiger partial charge < -0.3 is 9.47 Å². The van der Waals surface area contributed by atoms with Crippen molar-refractivity contribution >= 4 is 0 Å². The Labute approximate surface area is 206 Å². The molecule has 1 atom stereocenters. The standard InChI is InChI=1S/C27H38F3N3O2/c1-3-5-7-9-10-12-16-35-23-17-20-13-14-22(27(29,30)24(20)25(28)33-23)26-31-18-21(19-32-26)34-15-11-8-6-4-2/h17-19,22H,3-16H2,1-2H3. The topological polar surface area (TPSA) is 57.1 Å². The van der Waals surface area contributed by atoms with E-state index in [4.69, 9.17) is 9.47 Å². The van der Waals surface area contributed by atoms with Crippen molar-refractivity contribution in [3.8, 4) is 11.6 Å². The first-order chi connectivity index (χ1) is 17.0. The molecule has 0 saturated carbocycles. The zero-order chi connectivity index (χ0) is 25.1. The molecular formula is C27H38F3N3O2. The lowest BCUT2D eigenvalue weighted by molar-refractivity contribution is -0.0501. The van der Waals surface area contributed by atoms with Crippen LogP contribution in [-0.4, -0.2) is 28.2 Å². The second-order valence-corrected chi connectivity index (χ2v) is 9.30. The summed E-state index contributed by atoms with van der Waals surface area (Å²) in [6.45, 7) is 5.24. The number of ether oxygens (including phenoxy) is 2. The van der Waals surface area contributed by atoms with Gasteiger partial charge in [-0.2, -0.15) is 9.37 Å². The maximum absolute atomic E-state index is 15.4. The normalized spacial score (nSPS) is 16.7. The molecule has 0 N–H and O–H groups in total. The van der Waals surface area contributed by atoms with Gasteiger partial charge in [0.25, 0.3) is 5.92 Å². The highest BCUT2D eigenvalue weighted by molar-refractivity contribution is 5.38. The van der Waals surface area contributed by atoms with Gasteiger partial charge in [0, 0.05) is 6.07 Å². The number of rotatable bonds is 15. The fraction of sp³-hybridized carbons (Fsp3) is 0.667. The van der Waals surface area contributed by atoms with Gasteiger partial charge in [-0.25, -0.2) is 18.7 Å². The molecule has 1 aliphatic rings. The number of aryl methyl sites for hydroxylation is 1. The van der Waals surface area contributed by atoms with Crippen LogP contribution in [-0.2, 0) is 12.3 Å². The van der Waals surface area contributed by atoms with Crippen LogP contribution in [0.4, 0.5) is 13.2 Å². The second kappa shape index (κ2) is 13.6. The molecule has 5 nitrogen and oxygen atoms in total. The summed E-state index contributed by atoms with van der Waals surface area (Å²) in [6.07, 6.45) is 14.1. The third kappa shape index (κ3) is 7.55. The molecule has 0 aromatic carbocycles. The van der Waals surface area contributed by atoms with E-state index in [1.54, 1.807) is 0 Å². The molecule has 0 aliphatic heterocycles. The lowest BCUT2D eigenvalue weighted by Gasteiger charge is -2.32. The van der Waals surface area contributed by atoms with E-state index in [-0.39, 0.29) is 30.1 Å². The Morgan fingerprint density at radius 2 is 1.49 bits per heavy atom. The van der Waals surface area contributed by atoms with E-state index >= 15 is 8.78 Å². The average Bonchev–Trinajstić information content (AvgIpc) is 2.83. The quantitative estimate of drug-likeness (QED) is 0.190. The summed E-state index contributed by atoms with van der Waals surface area (Å²) in [5, 5.41) is 0. The summed E-state index contributed by atoms with van der Waals surface area (Å²) >= 11 is 0. The Morgan fingerprint density at radius 1 is 0.886 bits per heavy atom. The number of hydrogen-bond donors (Lipinski definition) is 0. The first-order valence-electron chi connectivity index (χ1n) is 13.1. The zero-order valence-corrected chi connectivity index (χ0v) is 21.0. The van der Waals surface area contributed by atoms with Crippen molar-refractivity contribution in [2.75, 3.05) is 13.2 Å². The van der Waals surface area contributed by atoms with Gasteiger partial charge in [-0.1, -0.05) is 65.2 Å². The maximum Gasteiger partial charge on any atom is 0.287 e. The molecule has 2 aromatic rings. The largest absolute Gasteiger partial charge is 0.490 e. The van der Waals surface area contributed by atoms with Crippen LogP contribution in [0, 0.1) is 5.95 Å². The molecular weight excluding hydrogens is 455 g/mol. The van der Waals surface area contributed by atoms with Crippen LogP contribution in [0.25, 0.3) is 0 Å². The molecule has 0 bridgehead atoms. The zero-order valence-electron chi connectivity index (χ0n) is 21.0. The summed E-state index contributed by atoms with van der Waals surface area (Å²) in [7, 11) is 0. The fourth-order valence-corrected chi connectivity index (χ4v) is 4.47. The van der Waals surface area contributed by atoms with Crippen molar-refractivity contribution in [1.29, 1.82) is 0 Å². The smallest absolute Gasteiger partial charge is 0.287 e. The molecule has 0 amide bonds. The van der Waals surface area contributed by atoms with Gasteiger partial charge in [0.15, 0.2) is 5.75 Å². The lowest BCUT2D eigenvalue weighted by atomic mass is 9.80. The van der Waals surface area contributed by atoms with Crippen molar-refractivity contribution in [2.45, 2.75) is 103 Å². The predicted octanol–water partition coefficient (Wildman–Crippen LogP) is 7.53. The first-order valence-corrected chi connectivity index (χ1v) is 13.1. The van der Waals surface area contributed by atoms with Crippen molar-refractivity contribution in [1.82, 2.24) is 15.0 Å². The molecule has 35 heavy (non-hydrogen) atoms. The Hall–Kier alpha value is -2.38. The van der Waals surface area contributed by atoms with Gasteiger partial charge in [0.1, 0.15) is 5.82 Å². The van der Waals surface area contributed by atoms with Crippen LogP contribution >= 0.6 is 0 Å².